The van der Waals surface area contributed by atoms with Gasteiger partial charge in [-0.3, -0.25) is 4.72 Å². The number of rotatable bonds is 10. The second-order valence-corrected chi connectivity index (χ2v) is 12.0. The SMILES string of the molecule is CCC(C1=C(O)CC(CC(C)C)(CC(C)C)OC1=O)c1cccc(NS(=O)(=O)c2cn(C)cn2)c1. The van der Waals surface area contributed by atoms with Gasteiger partial charge in [-0.15, -0.1) is 0 Å². The van der Waals surface area contributed by atoms with Gasteiger partial charge in [-0.2, -0.15) is 8.42 Å². The predicted octanol–water partition coefficient (Wildman–Crippen LogP) is 5.30. The van der Waals surface area contributed by atoms with Crippen LogP contribution in [0.2, 0.25) is 0 Å². The number of nitrogens with one attached hydrogen (secondary N) is 1. The van der Waals surface area contributed by atoms with Gasteiger partial charge in [0.1, 0.15) is 11.4 Å². The van der Waals surface area contributed by atoms with E-state index in [9.17, 15) is 18.3 Å². The molecule has 192 valence electrons. The van der Waals surface area contributed by atoms with Crippen LogP contribution < -0.4 is 4.72 Å². The van der Waals surface area contributed by atoms with Crippen LogP contribution in [0.1, 0.15) is 71.8 Å². The summed E-state index contributed by atoms with van der Waals surface area (Å²) in [5.74, 6) is -0.253. The number of ether oxygens (including phenoxy) is 1. The fourth-order valence-electron chi connectivity index (χ4n) is 5.11. The van der Waals surface area contributed by atoms with E-state index in [4.69, 9.17) is 4.74 Å². The summed E-state index contributed by atoms with van der Waals surface area (Å²) in [4.78, 5) is 17.2. The van der Waals surface area contributed by atoms with Crippen LogP contribution >= 0.6 is 0 Å². The Balaban J connectivity index is 1.93. The Bertz CT molecular complexity index is 1190. The van der Waals surface area contributed by atoms with Crippen LogP contribution in [0.3, 0.4) is 0 Å². The maximum absolute atomic E-state index is 13.3. The molecule has 0 radical (unpaired) electrons. The van der Waals surface area contributed by atoms with Gasteiger partial charge in [0.2, 0.25) is 0 Å². The standard InChI is InChI=1S/C26H37N3O5S/c1-7-21(24-22(30)14-26(12-17(2)3,13-18(4)5)34-25(24)31)19-9-8-10-20(11-19)28-35(32,33)23-15-29(6)16-27-23/h8-11,15-18,21,28,30H,7,12-14H2,1-6H3. The first-order valence-electron chi connectivity index (χ1n) is 12.1. The van der Waals surface area contributed by atoms with Gasteiger partial charge in [0.15, 0.2) is 5.03 Å². The number of carbonyl (C=O) groups is 1. The van der Waals surface area contributed by atoms with Crippen molar-refractivity contribution in [2.75, 3.05) is 4.72 Å². The van der Waals surface area contributed by atoms with Crippen molar-refractivity contribution in [2.45, 2.75) is 76.8 Å². The molecule has 1 aromatic carbocycles. The van der Waals surface area contributed by atoms with Crippen LogP contribution in [-0.2, 0) is 26.6 Å². The number of sulfonamides is 1. The Morgan fingerprint density at radius 3 is 2.37 bits per heavy atom. The molecule has 0 saturated heterocycles. The molecule has 2 heterocycles. The number of aryl methyl sites for hydroxylation is 1. The van der Waals surface area contributed by atoms with Crippen LogP contribution in [-0.4, -0.2) is 34.6 Å². The highest BCUT2D eigenvalue weighted by Crippen LogP contribution is 2.43. The molecular weight excluding hydrogens is 466 g/mol. The Labute approximate surface area is 208 Å². The van der Waals surface area contributed by atoms with Crippen LogP contribution in [0, 0.1) is 11.8 Å². The van der Waals surface area contributed by atoms with Crippen LogP contribution in [0.5, 0.6) is 0 Å². The minimum atomic E-state index is -3.86. The van der Waals surface area contributed by atoms with Crippen molar-refractivity contribution >= 4 is 21.7 Å². The first-order valence-corrected chi connectivity index (χ1v) is 13.6. The van der Waals surface area contributed by atoms with Crippen molar-refractivity contribution in [3.8, 4) is 0 Å². The number of imidazole rings is 1. The second-order valence-electron chi connectivity index (χ2n) is 10.4. The zero-order valence-electron chi connectivity index (χ0n) is 21.4. The van der Waals surface area contributed by atoms with Crippen molar-refractivity contribution in [1.82, 2.24) is 9.55 Å². The molecule has 0 amide bonds. The molecule has 0 spiro atoms. The lowest BCUT2D eigenvalue weighted by Crippen LogP contribution is -2.43. The number of hydrogen-bond acceptors (Lipinski definition) is 6. The average Bonchev–Trinajstić information content (AvgIpc) is 3.16. The van der Waals surface area contributed by atoms with Crippen molar-refractivity contribution in [2.24, 2.45) is 18.9 Å². The van der Waals surface area contributed by atoms with Crippen molar-refractivity contribution in [3.63, 3.8) is 0 Å². The molecule has 0 bridgehead atoms. The smallest absolute Gasteiger partial charge is 0.338 e. The summed E-state index contributed by atoms with van der Waals surface area (Å²) in [6.45, 7) is 10.3. The number of benzene rings is 1. The summed E-state index contributed by atoms with van der Waals surface area (Å²) >= 11 is 0. The van der Waals surface area contributed by atoms with Gasteiger partial charge in [0, 0.05) is 31.3 Å². The molecule has 0 fully saturated rings. The third-order valence-corrected chi connectivity index (χ3v) is 7.41. The zero-order chi connectivity index (χ0) is 26.0. The number of aliphatic hydroxyl groups is 1. The van der Waals surface area contributed by atoms with Gasteiger partial charge in [-0.05, 0) is 48.8 Å². The minimum Gasteiger partial charge on any atom is -0.512 e. The monoisotopic (exact) mass is 503 g/mol. The Hall–Kier alpha value is -2.81. The van der Waals surface area contributed by atoms with Gasteiger partial charge in [0.05, 0.1) is 11.9 Å². The molecule has 1 unspecified atom stereocenters. The van der Waals surface area contributed by atoms with Crippen molar-refractivity contribution in [1.29, 1.82) is 0 Å². The van der Waals surface area contributed by atoms with Crippen molar-refractivity contribution < 1.29 is 23.1 Å². The molecule has 0 saturated carbocycles. The number of esters is 1. The quantitative estimate of drug-likeness (QED) is 0.426. The van der Waals surface area contributed by atoms with Gasteiger partial charge in [-0.1, -0.05) is 46.8 Å². The van der Waals surface area contributed by atoms with Gasteiger partial charge >= 0.3 is 5.97 Å². The maximum atomic E-state index is 13.3. The van der Waals surface area contributed by atoms with Gasteiger partial charge < -0.3 is 14.4 Å². The van der Waals surface area contributed by atoms with Crippen LogP contribution in [0.15, 0.2) is 53.1 Å². The number of cyclic esters (lactones) is 1. The third kappa shape index (κ3) is 6.25. The van der Waals surface area contributed by atoms with Crippen LogP contribution in [0.25, 0.3) is 0 Å². The van der Waals surface area contributed by atoms with E-state index in [-0.39, 0.29) is 22.8 Å². The molecule has 1 aliphatic heterocycles. The summed E-state index contributed by atoms with van der Waals surface area (Å²) in [5, 5.41) is 11.0. The average molecular weight is 504 g/mol. The third-order valence-electron chi connectivity index (χ3n) is 6.14. The van der Waals surface area contributed by atoms with E-state index in [1.54, 1.807) is 29.8 Å². The molecule has 9 heteroatoms. The van der Waals surface area contributed by atoms with Gasteiger partial charge in [-0.25, -0.2) is 9.78 Å². The number of nitrogens with zero attached hydrogens (tertiary/aromatic N) is 2. The number of carbonyl (C=O) groups excluding carboxylic acids is 1. The number of aromatic nitrogens is 2. The molecule has 1 aromatic heterocycles. The number of hydrogen-bond donors (Lipinski definition) is 2. The molecule has 1 aliphatic rings. The van der Waals surface area contributed by atoms with E-state index in [2.05, 4.69) is 37.4 Å². The summed E-state index contributed by atoms with van der Waals surface area (Å²) < 4.78 is 35.6. The summed E-state index contributed by atoms with van der Waals surface area (Å²) in [6, 6.07) is 6.87. The lowest BCUT2D eigenvalue weighted by molar-refractivity contribution is -0.163. The lowest BCUT2D eigenvalue weighted by atomic mass is 9.77. The predicted molar refractivity (Wildman–Crippen MR) is 135 cm³/mol. The van der Waals surface area contributed by atoms with E-state index in [0.717, 1.165) is 0 Å². The molecule has 3 rings (SSSR count). The van der Waals surface area contributed by atoms with Gasteiger partial charge in [0.25, 0.3) is 10.0 Å². The van der Waals surface area contributed by atoms with E-state index in [1.807, 2.05) is 13.0 Å². The molecular formula is C26H37N3O5S. The fourth-order valence-corrected chi connectivity index (χ4v) is 6.14. The molecule has 2 N–H and O–H groups in total. The number of anilines is 1. The topological polar surface area (TPSA) is 111 Å². The highest BCUT2D eigenvalue weighted by atomic mass is 32.2. The van der Waals surface area contributed by atoms with E-state index in [1.165, 1.54) is 12.5 Å². The Morgan fingerprint density at radius 1 is 1.20 bits per heavy atom. The first-order chi connectivity index (χ1) is 16.4. The van der Waals surface area contributed by atoms with E-state index >= 15 is 0 Å². The Kier molecular flexibility index (Phi) is 7.99. The van der Waals surface area contributed by atoms with E-state index < -0.39 is 27.5 Å². The minimum absolute atomic E-state index is 0.0638. The molecule has 2 aromatic rings. The summed E-state index contributed by atoms with van der Waals surface area (Å²) in [7, 11) is -2.17. The molecule has 0 aliphatic carbocycles. The fraction of sp³-hybridized carbons (Fsp3) is 0.538. The van der Waals surface area contributed by atoms with Crippen molar-refractivity contribution in [3.05, 3.63) is 53.7 Å². The molecule has 8 nitrogen and oxygen atoms in total. The number of aliphatic hydroxyl groups excluding tert-OH is 1. The zero-order valence-corrected chi connectivity index (χ0v) is 22.2. The first kappa shape index (κ1) is 26.8. The van der Waals surface area contributed by atoms with E-state index in [0.29, 0.717) is 42.3 Å². The second kappa shape index (κ2) is 10.4. The summed E-state index contributed by atoms with van der Waals surface area (Å²) in [6.07, 6.45) is 5.01. The highest BCUT2D eigenvalue weighted by Gasteiger charge is 2.44. The lowest BCUT2D eigenvalue weighted by Gasteiger charge is -2.40. The molecule has 1 atom stereocenters. The Morgan fingerprint density at radius 2 is 1.86 bits per heavy atom. The van der Waals surface area contributed by atoms with Crippen LogP contribution in [0.4, 0.5) is 5.69 Å². The maximum Gasteiger partial charge on any atom is 0.338 e. The normalized spacial score (nSPS) is 17.1. The highest BCUT2D eigenvalue weighted by molar-refractivity contribution is 7.92. The largest absolute Gasteiger partial charge is 0.512 e. The molecule has 35 heavy (non-hydrogen) atoms. The summed E-state index contributed by atoms with van der Waals surface area (Å²) in [5.41, 5.74) is 0.600.